The molecule has 1 aliphatic heterocycles. The van der Waals surface area contributed by atoms with E-state index in [1.54, 1.807) is 45.0 Å². The van der Waals surface area contributed by atoms with Gasteiger partial charge in [-0.1, -0.05) is 12.1 Å². The molecular formula is C23H28F3N3O5. The standard InChI is InChI=1S/C23H28F3N3O5/c1-22(2,3)34-21(31)28-13-16(33-5)10-19(28)18-11-17(23(24,25)26)20(30)29(27-18)12-14-6-8-15(32-4)9-7-14/h6-9,11,16,19H,10,12-13H2,1-5H3. The Bertz CT molecular complexity index is 1080. The van der Waals surface area contributed by atoms with Crippen LogP contribution < -0.4 is 10.3 Å². The fourth-order valence-corrected chi connectivity index (χ4v) is 3.71. The lowest BCUT2D eigenvalue weighted by Crippen LogP contribution is -2.39. The minimum absolute atomic E-state index is 0.0640. The average Bonchev–Trinajstić information content (AvgIpc) is 3.18. The maximum atomic E-state index is 13.8. The fourth-order valence-electron chi connectivity index (χ4n) is 3.71. The first kappa shape index (κ1) is 25.5. The Morgan fingerprint density at radius 1 is 1.15 bits per heavy atom. The first-order valence-electron chi connectivity index (χ1n) is 10.7. The molecule has 0 bridgehead atoms. The van der Waals surface area contributed by atoms with E-state index in [0.717, 1.165) is 4.68 Å². The second kappa shape index (κ2) is 9.65. The molecule has 1 saturated heterocycles. The van der Waals surface area contributed by atoms with Gasteiger partial charge in [-0.2, -0.15) is 18.3 Å². The van der Waals surface area contributed by atoms with Gasteiger partial charge in [-0.15, -0.1) is 0 Å². The van der Waals surface area contributed by atoms with Gasteiger partial charge in [0.25, 0.3) is 5.56 Å². The molecule has 0 saturated carbocycles. The number of likely N-dealkylation sites (tertiary alicyclic amines) is 1. The summed E-state index contributed by atoms with van der Waals surface area (Å²) in [5, 5.41) is 4.23. The second-order valence-electron chi connectivity index (χ2n) is 9.03. The number of halogens is 3. The van der Waals surface area contributed by atoms with E-state index in [4.69, 9.17) is 14.2 Å². The van der Waals surface area contributed by atoms with Crippen molar-refractivity contribution < 1.29 is 32.2 Å². The van der Waals surface area contributed by atoms with Crippen LogP contribution in [0.15, 0.2) is 35.1 Å². The van der Waals surface area contributed by atoms with Gasteiger partial charge in [0.2, 0.25) is 0 Å². The third kappa shape index (κ3) is 5.88. The van der Waals surface area contributed by atoms with Crippen LogP contribution in [-0.2, 0) is 22.2 Å². The van der Waals surface area contributed by atoms with Crippen molar-refractivity contribution in [3.05, 3.63) is 57.5 Å². The molecule has 2 unspecified atom stereocenters. The van der Waals surface area contributed by atoms with Crippen LogP contribution in [0.25, 0.3) is 0 Å². The van der Waals surface area contributed by atoms with Gasteiger partial charge in [0.1, 0.15) is 16.9 Å². The van der Waals surface area contributed by atoms with Crippen molar-refractivity contribution in [3.8, 4) is 5.75 Å². The first-order chi connectivity index (χ1) is 15.8. The number of carbonyl (C=O) groups excluding carboxylic acids is 1. The number of ether oxygens (including phenoxy) is 3. The molecule has 3 rings (SSSR count). The van der Waals surface area contributed by atoms with Gasteiger partial charge >= 0.3 is 12.3 Å². The highest BCUT2D eigenvalue weighted by molar-refractivity contribution is 5.69. The molecule has 1 aromatic carbocycles. The second-order valence-corrected chi connectivity index (χ2v) is 9.03. The van der Waals surface area contributed by atoms with Crippen LogP contribution in [0.4, 0.5) is 18.0 Å². The molecule has 2 atom stereocenters. The molecule has 1 fully saturated rings. The van der Waals surface area contributed by atoms with Crippen LogP contribution in [0.2, 0.25) is 0 Å². The van der Waals surface area contributed by atoms with Crippen molar-refractivity contribution >= 4 is 6.09 Å². The summed E-state index contributed by atoms with van der Waals surface area (Å²) in [6, 6.07) is 6.40. The number of hydrogen-bond donors (Lipinski definition) is 0. The van der Waals surface area contributed by atoms with Gasteiger partial charge in [0.05, 0.1) is 38.0 Å². The van der Waals surface area contributed by atoms with Crippen molar-refractivity contribution in [1.82, 2.24) is 14.7 Å². The summed E-state index contributed by atoms with van der Waals surface area (Å²) in [6.07, 6.45) is -5.80. The smallest absolute Gasteiger partial charge is 0.421 e. The topological polar surface area (TPSA) is 82.9 Å². The third-order valence-corrected chi connectivity index (χ3v) is 5.36. The van der Waals surface area contributed by atoms with Crippen molar-refractivity contribution in [3.63, 3.8) is 0 Å². The van der Waals surface area contributed by atoms with E-state index in [1.165, 1.54) is 19.1 Å². The molecular weight excluding hydrogens is 455 g/mol. The highest BCUT2D eigenvalue weighted by Crippen LogP contribution is 2.35. The van der Waals surface area contributed by atoms with Crippen LogP contribution in [0.5, 0.6) is 5.75 Å². The van der Waals surface area contributed by atoms with Crippen molar-refractivity contribution in [2.45, 2.75) is 57.7 Å². The number of methoxy groups -OCH3 is 2. The maximum absolute atomic E-state index is 13.8. The number of carbonyl (C=O) groups is 1. The summed E-state index contributed by atoms with van der Waals surface area (Å²) in [7, 11) is 2.95. The normalized spacial score (nSPS) is 18.8. The summed E-state index contributed by atoms with van der Waals surface area (Å²) in [6.45, 7) is 5.01. The number of alkyl halides is 3. The van der Waals surface area contributed by atoms with E-state index in [2.05, 4.69) is 5.10 Å². The Labute approximate surface area is 195 Å². The molecule has 2 heterocycles. The van der Waals surface area contributed by atoms with Gasteiger partial charge in [0, 0.05) is 13.5 Å². The predicted molar refractivity (Wildman–Crippen MR) is 117 cm³/mol. The highest BCUT2D eigenvalue weighted by Gasteiger charge is 2.42. The van der Waals surface area contributed by atoms with E-state index in [-0.39, 0.29) is 25.2 Å². The predicted octanol–water partition coefficient (Wildman–Crippen LogP) is 4.02. The van der Waals surface area contributed by atoms with Crippen LogP contribution in [-0.4, -0.2) is 53.2 Å². The molecule has 1 amide bonds. The number of amides is 1. The zero-order valence-electron chi connectivity index (χ0n) is 19.7. The Morgan fingerprint density at radius 2 is 1.79 bits per heavy atom. The maximum Gasteiger partial charge on any atom is 0.421 e. The monoisotopic (exact) mass is 483 g/mol. The number of rotatable bonds is 5. The number of hydrogen-bond acceptors (Lipinski definition) is 6. The summed E-state index contributed by atoms with van der Waals surface area (Å²) in [5.74, 6) is 0.568. The number of nitrogens with zero attached hydrogens (tertiary/aromatic N) is 3. The lowest BCUT2D eigenvalue weighted by molar-refractivity contribution is -0.139. The Morgan fingerprint density at radius 3 is 2.32 bits per heavy atom. The van der Waals surface area contributed by atoms with Gasteiger partial charge in [0.15, 0.2) is 0 Å². The van der Waals surface area contributed by atoms with Crippen molar-refractivity contribution in [1.29, 1.82) is 0 Å². The molecule has 186 valence electrons. The number of benzene rings is 1. The van der Waals surface area contributed by atoms with Gasteiger partial charge in [-0.05, 0) is 44.5 Å². The SMILES string of the molecule is COc1ccc(Cn2nc(C3CC(OC)CN3C(=O)OC(C)(C)C)cc(C(F)(F)F)c2=O)cc1. The first-order valence-corrected chi connectivity index (χ1v) is 10.7. The molecule has 1 aliphatic rings. The van der Waals surface area contributed by atoms with Crippen LogP contribution in [0.1, 0.15) is 50.1 Å². The zero-order chi connectivity index (χ0) is 25.3. The third-order valence-electron chi connectivity index (χ3n) is 5.36. The lowest BCUT2D eigenvalue weighted by Gasteiger charge is -2.28. The zero-order valence-corrected chi connectivity index (χ0v) is 19.7. The van der Waals surface area contributed by atoms with E-state index >= 15 is 0 Å². The van der Waals surface area contributed by atoms with E-state index < -0.39 is 41.1 Å². The molecule has 2 aromatic rings. The van der Waals surface area contributed by atoms with Gasteiger partial charge < -0.3 is 14.2 Å². The highest BCUT2D eigenvalue weighted by atomic mass is 19.4. The fraction of sp³-hybridized carbons (Fsp3) is 0.522. The summed E-state index contributed by atoms with van der Waals surface area (Å²) < 4.78 is 58.0. The van der Waals surface area contributed by atoms with Gasteiger partial charge in [-0.3, -0.25) is 9.69 Å². The quantitative estimate of drug-likeness (QED) is 0.639. The van der Waals surface area contributed by atoms with Gasteiger partial charge in [-0.25, -0.2) is 9.48 Å². The molecule has 0 N–H and O–H groups in total. The molecule has 0 spiro atoms. The minimum Gasteiger partial charge on any atom is -0.497 e. The number of aromatic nitrogens is 2. The molecule has 11 heteroatoms. The van der Waals surface area contributed by atoms with E-state index in [0.29, 0.717) is 17.4 Å². The molecule has 0 radical (unpaired) electrons. The van der Waals surface area contributed by atoms with Crippen molar-refractivity contribution in [2.75, 3.05) is 20.8 Å². The Balaban J connectivity index is 2.05. The molecule has 8 nitrogen and oxygen atoms in total. The van der Waals surface area contributed by atoms with Crippen LogP contribution >= 0.6 is 0 Å². The molecule has 0 aliphatic carbocycles. The summed E-state index contributed by atoms with van der Waals surface area (Å²) >= 11 is 0. The summed E-state index contributed by atoms with van der Waals surface area (Å²) in [4.78, 5) is 26.8. The van der Waals surface area contributed by atoms with Crippen LogP contribution in [0, 0.1) is 0 Å². The molecule has 1 aromatic heterocycles. The summed E-state index contributed by atoms with van der Waals surface area (Å²) in [5.41, 5.74) is -2.92. The molecule has 34 heavy (non-hydrogen) atoms. The average molecular weight is 483 g/mol. The minimum atomic E-state index is -4.90. The Kier molecular flexibility index (Phi) is 7.25. The van der Waals surface area contributed by atoms with E-state index in [9.17, 15) is 22.8 Å². The Hall–Kier alpha value is -3.08. The van der Waals surface area contributed by atoms with Crippen molar-refractivity contribution in [2.24, 2.45) is 0 Å². The lowest BCUT2D eigenvalue weighted by atomic mass is 10.1. The largest absolute Gasteiger partial charge is 0.497 e. The van der Waals surface area contributed by atoms with E-state index in [1.807, 2.05) is 0 Å². The van der Waals surface area contributed by atoms with Crippen LogP contribution in [0.3, 0.4) is 0 Å².